The lowest BCUT2D eigenvalue weighted by atomic mass is 10.2. The Kier molecular flexibility index (Phi) is 6.52. The van der Waals surface area contributed by atoms with Crippen molar-refractivity contribution in [3.05, 3.63) is 63.1 Å². The third kappa shape index (κ3) is 5.50. The maximum absolute atomic E-state index is 11.8. The molecule has 0 bridgehead atoms. The van der Waals surface area contributed by atoms with E-state index in [1.165, 1.54) is 0 Å². The fourth-order valence-corrected chi connectivity index (χ4v) is 2.26. The molecule has 22 heavy (non-hydrogen) atoms. The van der Waals surface area contributed by atoms with Gasteiger partial charge in [0.2, 0.25) is 5.91 Å². The average Bonchev–Trinajstić information content (AvgIpc) is 2.49. The van der Waals surface area contributed by atoms with Gasteiger partial charge in [-0.15, -0.1) is 0 Å². The van der Waals surface area contributed by atoms with E-state index in [-0.39, 0.29) is 5.91 Å². The largest absolute Gasteiger partial charge is 0.326 e. The van der Waals surface area contributed by atoms with Gasteiger partial charge in [0, 0.05) is 30.2 Å². The summed E-state index contributed by atoms with van der Waals surface area (Å²) in [5.41, 5.74) is 1.76. The van der Waals surface area contributed by atoms with E-state index in [1.807, 2.05) is 24.3 Å². The van der Waals surface area contributed by atoms with Crippen LogP contribution in [0.5, 0.6) is 0 Å². The Morgan fingerprint density at radius 2 is 1.68 bits per heavy atom. The molecule has 0 heterocycles. The first kappa shape index (κ1) is 17.1. The van der Waals surface area contributed by atoms with Crippen LogP contribution >= 0.6 is 34.8 Å². The van der Waals surface area contributed by atoms with Crippen molar-refractivity contribution in [1.29, 1.82) is 0 Å². The number of benzene rings is 2. The van der Waals surface area contributed by atoms with Crippen molar-refractivity contribution in [2.75, 3.05) is 11.9 Å². The minimum absolute atomic E-state index is 0.0815. The molecule has 116 valence electrons. The van der Waals surface area contributed by atoms with E-state index in [9.17, 15) is 4.79 Å². The Bertz CT molecular complexity index is 644. The van der Waals surface area contributed by atoms with Gasteiger partial charge in [-0.25, -0.2) is 0 Å². The fourth-order valence-electron chi connectivity index (χ4n) is 1.83. The van der Waals surface area contributed by atoms with Gasteiger partial charge in [0.05, 0.1) is 10.0 Å². The molecule has 0 atom stereocenters. The normalized spacial score (nSPS) is 10.5. The van der Waals surface area contributed by atoms with Crippen LogP contribution in [0, 0.1) is 0 Å². The molecule has 0 unspecified atom stereocenters. The summed E-state index contributed by atoms with van der Waals surface area (Å²) < 4.78 is 0. The summed E-state index contributed by atoms with van der Waals surface area (Å²) in [6, 6.07) is 12.6. The molecule has 2 aromatic carbocycles. The molecule has 2 N–H and O–H groups in total. The average molecular weight is 358 g/mol. The molecule has 1 amide bonds. The molecular formula is C16H15Cl3N2O. The Morgan fingerprint density at radius 3 is 2.36 bits per heavy atom. The number of anilines is 1. The molecule has 0 fully saturated rings. The Balaban J connectivity index is 1.71. The molecule has 2 aromatic rings. The minimum atomic E-state index is -0.0815. The maximum atomic E-state index is 11.8. The van der Waals surface area contributed by atoms with Crippen molar-refractivity contribution in [1.82, 2.24) is 5.32 Å². The van der Waals surface area contributed by atoms with Crippen molar-refractivity contribution in [3.63, 3.8) is 0 Å². The summed E-state index contributed by atoms with van der Waals surface area (Å²) in [5, 5.41) is 7.58. The number of carbonyl (C=O) groups excluding carboxylic acids is 1. The fraction of sp³-hybridized carbons (Fsp3) is 0.188. The molecule has 6 heteroatoms. The third-order valence-electron chi connectivity index (χ3n) is 2.97. The van der Waals surface area contributed by atoms with Gasteiger partial charge in [0.1, 0.15) is 0 Å². The van der Waals surface area contributed by atoms with Crippen molar-refractivity contribution in [2.45, 2.75) is 13.0 Å². The van der Waals surface area contributed by atoms with Crippen LogP contribution in [0.3, 0.4) is 0 Å². The third-order valence-corrected chi connectivity index (χ3v) is 3.97. The van der Waals surface area contributed by atoms with E-state index >= 15 is 0 Å². The number of hydrogen-bond donors (Lipinski definition) is 2. The van der Waals surface area contributed by atoms with Gasteiger partial charge in [0.15, 0.2) is 0 Å². The summed E-state index contributed by atoms with van der Waals surface area (Å²) in [5.74, 6) is -0.0815. The summed E-state index contributed by atoms with van der Waals surface area (Å²) in [6.45, 7) is 1.27. The highest BCUT2D eigenvalue weighted by Gasteiger charge is 2.04. The van der Waals surface area contributed by atoms with Gasteiger partial charge in [-0.2, -0.15) is 0 Å². The standard InChI is InChI=1S/C16H15Cl3N2O/c17-12-3-1-11(2-4-12)10-20-8-7-16(22)21-13-5-6-14(18)15(19)9-13/h1-6,9,20H,7-8,10H2,(H,21,22). The Hall–Kier alpha value is -1.26. The molecule has 0 radical (unpaired) electrons. The first-order valence-corrected chi connectivity index (χ1v) is 7.88. The van der Waals surface area contributed by atoms with Gasteiger partial charge in [-0.3, -0.25) is 4.79 Å². The van der Waals surface area contributed by atoms with Gasteiger partial charge >= 0.3 is 0 Å². The summed E-state index contributed by atoms with van der Waals surface area (Å²) in [7, 11) is 0. The number of nitrogens with one attached hydrogen (secondary N) is 2. The van der Waals surface area contributed by atoms with Crippen LogP contribution in [0.15, 0.2) is 42.5 Å². The van der Waals surface area contributed by atoms with Crippen LogP contribution in [0.1, 0.15) is 12.0 Å². The molecule has 0 aliphatic rings. The lowest BCUT2D eigenvalue weighted by molar-refractivity contribution is -0.116. The number of rotatable bonds is 6. The highest BCUT2D eigenvalue weighted by Crippen LogP contribution is 2.24. The molecule has 0 saturated carbocycles. The number of hydrogen-bond acceptors (Lipinski definition) is 2. The first-order chi connectivity index (χ1) is 10.5. The van der Waals surface area contributed by atoms with E-state index in [1.54, 1.807) is 18.2 Å². The SMILES string of the molecule is O=C(CCNCc1ccc(Cl)cc1)Nc1ccc(Cl)c(Cl)c1. The van der Waals surface area contributed by atoms with Crippen LogP contribution in [-0.2, 0) is 11.3 Å². The van der Waals surface area contributed by atoms with Crippen LogP contribution in [0.25, 0.3) is 0 Å². The Morgan fingerprint density at radius 1 is 0.955 bits per heavy atom. The predicted octanol–water partition coefficient (Wildman–Crippen LogP) is 4.77. The van der Waals surface area contributed by atoms with E-state index in [0.717, 1.165) is 5.56 Å². The second-order valence-electron chi connectivity index (χ2n) is 4.73. The number of carbonyl (C=O) groups is 1. The van der Waals surface area contributed by atoms with Crippen LogP contribution in [-0.4, -0.2) is 12.5 Å². The maximum Gasteiger partial charge on any atom is 0.225 e. The minimum Gasteiger partial charge on any atom is -0.326 e. The quantitative estimate of drug-likeness (QED) is 0.731. The smallest absolute Gasteiger partial charge is 0.225 e. The molecular weight excluding hydrogens is 343 g/mol. The van der Waals surface area contributed by atoms with Crippen molar-refractivity contribution in [2.24, 2.45) is 0 Å². The van der Waals surface area contributed by atoms with Crippen LogP contribution < -0.4 is 10.6 Å². The Labute approximate surface area is 144 Å². The summed E-state index contributed by atoms with van der Waals surface area (Å²) >= 11 is 17.5. The van der Waals surface area contributed by atoms with E-state index in [4.69, 9.17) is 34.8 Å². The second kappa shape index (κ2) is 8.39. The van der Waals surface area contributed by atoms with Gasteiger partial charge in [-0.05, 0) is 35.9 Å². The van der Waals surface area contributed by atoms with E-state index in [2.05, 4.69) is 10.6 Å². The lowest BCUT2D eigenvalue weighted by Gasteiger charge is -2.07. The molecule has 2 rings (SSSR count). The first-order valence-electron chi connectivity index (χ1n) is 6.74. The van der Waals surface area contributed by atoms with Gasteiger partial charge in [0.25, 0.3) is 0 Å². The van der Waals surface area contributed by atoms with E-state index in [0.29, 0.717) is 40.3 Å². The van der Waals surface area contributed by atoms with E-state index < -0.39 is 0 Å². The topological polar surface area (TPSA) is 41.1 Å². The zero-order chi connectivity index (χ0) is 15.9. The van der Waals surface area contributed by atoms with Crippen molar-refractivity contribution < 1.29 is 4.79 Å². The van der Waals surface area contributed by atoms with Crippen LogP contribution in [0.4, 0.5) is 5.69 Å². The molecule has 0 saturated heterocycles. The summed E-state index contributed by atoms with van der Waals surface area (Å²) in [4.78, 5) is 11.8. The highest BCUT2D eigenvalue weighted by molar-refractivity contribution is 6.42. The molecule has 0 aliphatic carbocycles. The van der Waals surface area contributed by atoms with Crippen molar-refractivity contribution >= 4 is 46.4 Å². The van der Waals surface area contributed by atoms with Crippen LogP contribution in [0.2, 0.25) is 15.1 Å². The zero-order valence-corrected chi connectivity index (χ0v) is 14.0. The number of halogens is 3. The molecule has 0 spiro atoms. The molecule has 0 aromatic heterocycles. The van der Waals surface area contributed by atoms with Gasteiger partial charge < -0.3 is 10.6 Å². The zero-order valence-electron chi connectivity index (χ0n) is 11.7. The van der Waals surface area contributed by atoms with Crippen molar-refractivity contribution in [3.8, 4) is 0 Å². The lowest BCUT2D eigenvalue weighted by Crippen LogP contribution is -2.21. The monoisotopic (exact) mass is 356 g/mol. The summed E-state index contributed by atoms with van der Waals surface area (Å²) in [6.07, 6.45) is 0.369. The molecule has 0 aliphatic heterocycles. The molecule has 3 nitrogen and oxygen atoms in total. The predicted molar refractivity (Wildman–Crippen MR) is 92.9 cm³/mol. The number of amides is 1. The van der Waals surface area contributed by atoms with Gasteiger partial charge in [-0.1, -0.05) is 46.9 Å². The second-order valence-corrected chi connectivity index (χ2v) is 5.98. The highest BCUT2D eigenvalue weighted by atomic mass is 35.5.